The van der Waals surface area contributed by atoms with Crippen molar-refractivity contribution in [2.24, 2.45) is 0 Å². The zero-order valence-corrected chi connectivity index (χ0v) is 16.7. The molecule has 0 aliphatic rings. The van der Waals surface area contributed by atoms with E-state index in [1.807, 2.05) is 48.5 Å². The first-order chi connectivity index (χ1) is 13.0. The highest BCUT2D eigenvalue weighted by atomic mass is 16.2. The predicted octanol–water partition coefficient (Wildman–Crippen LogP) is 4.09. The van der Waals surface area contributed by atoms with Crippen molar-refractivity contribution in [1.82, 2.24) is 0 Å². The Morgan fingerprint density at radius 3 is 1.89 bits per heavy atom. The number of carbonyl (C=O) groups is 2. The van der Waals surface area contributed by atoms with Gasteiger partial charge in [0.05, 0.1) is 0 Å². The molecular formula is C22H29N3O2. The molecule has 0 heterocycles. The molecule has 2 rings (SSSR count). The highest BCUT2D eigenvalue weighted by Crippen LogP contribution is 2.19. The lowest BCUT2D eigenvalue weighted by Crippen LogP contribution is -2.36. The van der Waals surface area contributed by atoms with Crippen LogP contribution in [0.15, 0.2) is 48.5 Å². The lowest BCUT2D eigenvalue weighted by atomic mass is 10.1. The molecule has 0 fully saturated rings. The summed E-state index contributed by atoms with van der Waals surface area (Å²) in [5, 5.41) is 2.87. The summed E-state index contributed by atoms with van der Waals surface area (Å²) in [4.78, 5) is 28.2. The third-order valence-electron chi connectivity index (χ3n) is 4.62. The van der Waals surface area contributed by atoms with Gasteiger partial charge in [0, 0.05) is 37.1 Å². The van der Waals surface area contributed by atoms with E-state index in [1.54, 1.807) is 0 Å². The lowest BCUT2D eigenvalue weighted by molar-refractivity contribution is -0.120. The van der Waals surface area contributed by atoms with Crippen LogP contribution in [0.25, 0.3) is 0 Å². The molecule has 2 amide bonds. The van der Waals surface area contributed by atoms with Crippen LogP contribution in [0.1, 0.15) is 33.3 Å². The Morgan fingerprint density at radius 1 is 0.852 bits per heavy atom. The van der Waals surface area contributed by atoms with Gasteiger partial charge in [0.2, 0.25) is 11.8 Å². The zero-order valence-electron chi connectivity index (χ0n) is 16.7. The molecule has 0 spiro atoms. The molecule has 0 bridgehead atoms. The van der Waals surface area contributed by atoms with E-state index in [2.05, 4.69) is 31.0 Å². The van der Waals surface area contributed by atoms with Gasteiger partial charge in [0.1, 0.15) is 6.54 Å². The van der Waals surface area contributed by atoms with E-state index >= 15 is 0 Å². The Balaban J connectivity index is 2.04. The standard InChI is InChI=1S/C22H29N3O2/c1-5-18-8-12-21(13-9-18)25(17(4)26)16-22(27)23-19-10-14-20(15-11-19)24(6-2)7-3/h8-15H,5-7,16H2,1-4H3,(H,23,27). The van der Waals surface area contributed by atoms with Gasteiger partial charge in [-0.2, -0.15) is 0 Å². The van der Waals surface area contributed by atoms with Crippen molar-refractivity contribution >= 4 is 28.9 Å². The number of nitrogens with one attached hydrogen (secondary N) is 1. The summed E-state index contributed by atoms with van der Waals surface area (Å²) in [5.41, 5.74) is 3.77. The maximum atomic E-state index is 12.4. The van der Waals surface area contributed by atoms with Crippen LogP contribution in [0.3, 0.4) is 0 Å². The van der Waals surface area contributed by atoms with Gasteiger partial charge in [-0.3, -0.25) is 9.59 Å². The van der Waals surface area contributed by atoms with E-state index in [0.29, 0.717) is 0 Å². The molecule has 0 atom stereocenters. The Labute approximate surface area is 162 Å². The topological polar surface area (TPSA) is 52.7 Å². The Hall–Kier alpha value is -2.82. The van der Waals surface area contributed by atoms with Gasteiger partial charge in [0.15, 0.2) is 0 Å². The fraction of sp³-hybridized carbons (Fsp3) is 0.364. The van der Waals surface area contributed by atoms with Gasteiger partial charge in [-0.05, 0) is 62.2 Å². The molecule has 1 N–H and O–H groups in total. The molecule has 5 nitrogen and oxygen atoms in total. The molecule has 0 unspecified atom stereocenters. The van der Waals surface area contributed by atoms with Gasteiger partial charge >= 0.3 is 0 Å². The van der Waals surface area contributed by atoms with Gasteiger partial charge in [-0.25, -0.2) is 0 Å². The lowest BCUT2D eigenvalue weighted by Gasteiger charge is -2.22. The molecule has 0 aliphatic carbocycles. The van der Waals surface area contributed by atoms with Crippen LogP contribution >= 0.6 is 0 Å². The SMILES string of the molecule is CCc1ccc(N(CC(=O)Nc2ccc(N(CC)CC)cc2)C(C)=O)cc1. The number of rotatable bonds is 8. The van der Waals surface area contributed by atoms with E-state index in [-0.39, 0.29) is 18.4 Å². The summed E-state index contributed by atoms with van der Waals surface area (Å²) in [6.07, 6.45) is 0.935. The highest BCUT2D eigenvalue weighted by Gasteiger charge is 2.16. The van der Waals surface area contributed by atoms with Gasteiger partial charge < -0.3 is 15.1 Å². The van der Waals surface area contributed by atoms with E-state index in [1.165, 1.54) is 17.4 Å². The third-order valence-corrected chi connectivity index (χ3v) is 4.62. The van der Waals surface area contributed by atoms with Crippen LogP contribution < -0.4 is 15.1 Å². The third kappa shape index (κ3) is 5.58. The van der Waals surface area contributed by atoms with Crippen molar-refractivity contribution in [3.63, 3.8) is 0 Å². The molecule has 0 saturated carbocycles. The van der Waals surface area contributed by atoms with Crippen LogP contribution in [0.4, 0.5) is 17.1 Å². The van der Waals surface area contributed by atoms with Crippen LogP contribution in [-0.4, -0.2) is 31.4 Å². The summed E-state index contributed by atoms with van der Waals surface area (Å²) >= 11 is 0. The van der Waals surface area contributed by atoms with Crippen molar-refractivity contribution in [2.45, 2.75) is 34.1 Å². The summed E-state index contributed by atoms with van der Waals surface area (Å²) in [6.45, 7) is 9.64. The maximum Gasteiger partial charge on any atom is 0.244 e. The number of benzene rings is 2. The van der Waals surface area contributed by atoms with E-state index in [0.717, 1.165) is 36.6 Å². The molecular weight excluding hydrogens is 338 g/mol. The summed E-state index contributed by atoms with van der Waals surface area (Å²) in [7, 11) is 0. The normalized spacial score (nSPS) is 10.4. The van der Waals surface area contributed by atoms with Crippen molar-refractivity contribution in [3.05, 3.63) is 54.1 Å². The van der Waals surface area contributed by atoms with Crippen LogP contribution in [-0.2, 0) is 16.0 Å². The van der Waals surface area contributed by atoms with Crippen molar-refractivity contribution in [2.75, 3.05) is 34.8 Å². The zero-order chi connectivity index (χ0) is 19.8. The van der Waals surface area contributed by atoms with Crippen LogP contribution in [0.5, 0.6) is 0 Å². The van der Waals surface area contributed by atoms with Crippen LogP contribution in [0.2, 0.25) is 0 Å². The first-order valence-electron chi connectivity index (χ1n) is 9.50. The molecule has 5 heteroatoms. The molecule has 144 valence electrons. The Morgan fingerprint density at radius 2 is 1.41 bits per heavy atom. The van der Waals surface area contributed by atoms with E-state index < -0.39 is 0 Å². The fourth-order valence-electron chi connectivity index (χ4n) is 2.98. The first-order valence-corrected chi connectivity index (χ1v) is 9.50. The number of nitrogens with zero attached hydrogens (tertiary/aromatic N) is 2. The maximum absolute atomic E-state index is 12.4. The van der Waals surface area contributed by atoms with E-state index in [9.17, 15) is 9.59 Å². The Bertz CT molecular complexity index is 750. The second-order valence-electron chi connectivity index (χ2n) is 6.39. The van der Waals surface area contributed by atoms with Gasteiger partial charge in [-0.1, -0.05) is 19.1 Å². The number of hydrogen-bond acceptors (Lipinski definition) is 3. The minimum atomic E-state index is -0.222. The van der Waals surface area contributed by atoms with Crippen molar-refractivity contribution in [3.8, 4) is 0 Å². The Kier molecular flexibility index (Phi) is 7.41. The quantitative estimate of drug-likeness (QED) is 0.765. The number of anilines is 3. The van der Waals surface area contributed by atoms with E-state index in [4.69, 9.17) is 0 Å². The van der Waals surface area contributed by atoms with Gasteiger partial charge in [0.25, 0.3) is 0 Å². The van der Waals surface area contributed by atoms with Crippen LogP contribution in [0, 0.1) is 0 Å². The largest absolute Gasteiger partial charge is 0.372 e. The number of aryl methyl sites for hydroxylation is 1. The average molecular weight is 367 g/mol. The van der Waals surface area contributed by atoms with Crippen molar-refractivity contribution < 1.29 is 9.59 Å². The summed E-state index contributed by atoms with van der Waals surface area (Å²) in [5.74, 6) is -0.383. The summed E-state index contributed by atoms with van der Waals surface area (Å²) < 4.78 is 0. The average Bonchev–Trinajstić information content (AvgIpc) is 2.68. The molecule has 0 saturated heterocycles. The molecule has 0 aromatic heterocycles. The number of hydrogen-bond donors (Lipinski definition) is 1. The molecule has 2 aromatic rings. The number of amides is 2. The molecule has 2 aromatic carbocycles. The number of carbonyl (C=O) groups excluding carboxylic acids is 2. The van der Waals surface area contributed by atoms with Crippen molar-refractivity contribution in [1.29, 1.82) is 0 Å². The second-order valence-corrected chi connectivity index (χ2v) is 6.39. The summed E-state index contributed by atoms with van der Waals surface area (Å²) in [6, 6.07) is 15.5. The van der Waals surface area contributed by atoms with Gasteiger partial charge in [-0.15, -0.1) is 0 Å². The molecule has 0 radical (unpaired) electrons. The molecule has 27 heavy (non-hydrogen) atoms. The monoisotopic (exact) mass is 367 g/mol. The smallest absolute Gasteiger partial charge is 0.244 e. The second kappa shape index (κ2) is 9.76. The first kappa shape index (κ1) is 20.5. The minimum absolute atomic E-state index is 0.0153. The molecule has 0 aliphatic heterocycles. The predicted molar refractivity (Wildman–Crippen MR) is 112 cm³/mol. The highest BCUT2D eigenvalue weighted by molar-refractivity contribution is 6.01. The minimum Gasteiger partial charge on any atom is -0.372 e. The fourth-order valence-corrected chi connectivity index (χ4v) is 2.98.